The molecule has 0 radical (unpaired) electrons. The van der Waals surface area contributed by atoms with Gasteiger partial charge in [0.15, 0.2) is 5.82 Å². The van der Waals surface area contributed by atoms with Crippen molar-refractivity contribution < 1.29 is 18.8 Å². The molecule has 20 heavy (non-hydrogen) atoms. The number of hydrogen-bond acceptors (Lipinski definition) is 4. The molecule has 2 aromatic rings. The Morgan fingerprint density at radius 1 is 1.20 bits per heavy atom. The summed E-state index contributed by atoms with van der Waals surface area (Å²) in [7, 11) is 0. The number of halogens is 2. The summed E-state index contributed by atoms with van der Waals surface area (Å²) < 4.78 is 18.5. The van der Waals surface area contributed by atoms with E-state index in [1.54, 1.807) is 0 Å². The summed E-state index contributed by atoms with van der Waals surface area (Å²) in [6, 6.07) is 8.80. The Morgan fingerprint density at radius 3 is 2.45 bits per heavy atom. The van der Waals surface area contributed by atoms with Gasteiger partial charge in [-0.05, 0) is 24.3 Å². The average molecular weight is 296 g/mol. The molecule has 2 rings (SSSR count). The summed E-state index contributed by atoms with van der Waals surface area (Å²) in [4.78, 5) is 21.6. The third kappa shape index (κ3) is 2.92. The molecular weight excluding hydrogens is 289 g/mol. The molecule has 0 aromatic heterocycles. The lowest BCUT2D eigenvalue weighted by Crippen LogP contribution is -2.10. The SMILES string of the molecule is O=C(Oc1ccc([N+](=O)[O-])cc1)c1cccc(Cl)c1F. The highest BCUT2D eigenvalue weighted by atomic mass is 35.5. The van der Waals surface area contributed by atoms with Crippen LogP contribution in [-0.2, 0) is 0 Å². The van der Waals surface area contributed by atoms with Gasteiger partial charge in [-0.1, -0.05) is 17.7 Å². The maximum absolute atomic E-state index is 13.6. The molecule has 0 aliphatic heterocycles. The second kappa shape index (κ2) is 5.66. The molecule has 0 heterocycles. The molecule has 0 N–H and O–H groups in total. The zero-order valence-electron chi connectivity index (χ0n) is 9.88. The van der Waals surface area contributed by atoms with Crippen LogP contribution in [-0.4, -0.2) is 10.9 Å². The molecular formula is C13H7ClFNO4. The fourth-order valence-electron chi connectivity index (χ4n) is 1.46. The topological polar surface area (TPSA) is 69.4 Å². The Labute approximate surface area is 117 Å². The molecule has 0 amide bonds. The van der Waals surface area contributed by atoms with Crippen LogP contribution < -0.4 is 4.74 Å². The molecule has 2 aromatic carbocycles. The van der Waals surface area contributed by atoms with Crippen molar-refractivity contribution >= 4 is 23.3 Å². The first-order valence-corrected chi connectivity index (χ1v) is 5.77. The lowest BCUT2D eigenvalue weighted by atomic mass is 10.2. The van der Waals surface area contributed by atoms with Gasteiger partial charge >= 0.3 is 5.97 Å². The number of carbonyl (C=O) groups is 1. The van der Waals surface area contributed by atoms with Crippen molar-refractivity contribution in [3.8, 4) is 5.75 Å². The van der Waals surface area contributed by atoms with E-state index >= 15 is 0 Å². The van der Waals surface area contributed by atoms with Crippen LogP contribution in [0.3, 0.4) is 0 Å². The van der Waals surface area contributed by atoms with Gasteiger partial charge in [-0.2, -0.15) is 0 Å². The lowest BCUT2D eigenvalue weighted by Gasteiger charge is -2.05. The quantitative estimate of drug-likeness (QED) is 0.375. The second-order valence-corrected chi connectivity index (χ2v) is 4.15. The van der Waals surface area contributed by atoms with Gasteiger partial charge < -0.3 is 4.74 Å². The first kappa shape index (κ1) is 14.0. The summed E-state index contributed by atoms with van der Waals surface area (Å²) in [6.45, 7) is 0. The van der Waals surface area contributed by atoms with Crippen molar-refractivity contribution in [1.29, 1.82) is 0 Å². The number of nitro benzene ring substituents is 1. The molecule has 5 nitrogen and oxygen atoms in total. The van der Waals surface area contributed by atoms with E-state index in [1.165, 1.54) is 42.5 Å². The van der Waals surface area contributed by atoms with Crippen molar-refractivity contribution in [1.82, 2.24) is 0 Å². The number of hydrogen-bond donors (Lipinski definition) is 0. The van der Waals surface area contributed by atoms with Crippen LogP contribution in [0.25, 0.3) is 0 Å². The molecule has 0 aliphatic carbocycles. The van der Waals surface area contributed by atoms with E-state index in [-0.39, 0.29) is 22.0 Å². The van der Waals surface area contributed by atoms with E-state index in [0.717, 1.165) is 0 Å². The smallest absolute Gasteiger partial charge is 0.346 e. The molecule has 0 saturated carbocycles. The van der Waals surface area contributed by atoms with E-state index in [2.05, 4.69) is 0 Å². The van der Waals surface area contributed by atoms with Crippen LogP contribution in [0.2, 0.25) is 5.02 Å². The molecule has 0 fully saturated rings. The maximum Gasteiger partial charge on any atom is 0.346 e. The van der Waals surface area contributed by atoms with Crippen LogP contribution in [0.4, 0.5) is 10.1 Å². The second-order valence-electron chi connectivity index (χ2n) is 3.74. The van der Waals surface area contributed by atoms with Crippen molar-refractivity contribution in [2.75, 3.05) is 0 Å². The summed E-state index contributed by atoms with van der Waals surface area (Å²) >= 11 is 5.56. The van der Waals surface area contributed by atoms with E-state index in [0.29, 0.717) is 0 Å². The summed E-state index contributed by atoms with van der Waals surface area (Å²) in [5.74, 6) is -1.74. The normalized spacial score (nSPS) is 10.1. The van der Waals surface area contributed by atoms with Gasteiger partial charge in [-0.3, -0.25) is 10.1 Å². The fourth-order valence-corrected chi connectivity index (χ4v) is 1.63. The number of nitro groups is 1. The zero-order valence-corrected chi connectivity index (χ0v) is 10.6. The largest absolute Gasteiger partial charge is 0.423 e. The first-order chi connectivity index (χ1) is 9.49. The Kier molecular flexibility index (Phi) is 3.95. The van der Waals surface area contributed by atoms with Gasteiger partial charge in [0.1, 0.15) is 5.75 Å². The van der Waals surface area contributed by atoms with E-state index < -0.39 is 16.7 Å². The van der Waals surface area contributed by atoms with Gasteiger partial charge in [0.05, 0.1) is 15.5 Å². The van der Waals surface area contributed by atoms with E-state index in [1.807, 2.05) is 0 Å². The lowest BCUT2D eigenvalue weighted by molar-refractivity contribution is -0.384. The summed E-state index contributed by atoms with van der Waals surface area (Å²) in [5.41, 5.74) is -0.449. The Balaban J connectivity index is 2.19. The van der Waals surface area contributed by atoms with Crippen molar-refractivity contribution in [2.45, 2.75) is 0 Å². The minimum Gasteiger partial charge on any atom is -0.423 e. The molecule has 0 bridgehead atoms. The Morgan fingerprint density at radius 2 is 1.85 bits per heavy atom. The van der Waals surface area contributed by atoms with Gasteiger partial charge in [0, 0.05) is 12.1 Å². The van der Waals surface area contributed by atoms with Gasteiger partial charge in [0.25, 0.3) is 5.69 Å². The van der Waals surface area contributed by atoms with E-state index in [4.69, 9.17) is 16.3 Å². The van der Waals surface area contributed by atoms with Crippen LogP contribution in [0.5, 0.6) is 5.75 Å². The third-order valence-electron chi connectivity index (χ3n) is 2.43. The predicted octanol–water partition coefficient (Wildman–Crippen LogP) is 3.61. The Bertz CT molecular complexity index is 673. The third-order valence-corrected chi connectivity index (χ3v) is 2.72. The maximum atomic E-state index is 13.6. The monoisotopic (exact) mass is 295 g/mol. The molecule has 7 heteroatoms. The highest BCUT2D eigenvalue weighted by Gasteiger charge is 2.16. The number of nitrogens with zero attached hydrogens (tertiary/aromatic N) is 1. The van der Waals surface area contributed by atoms with Crippen molar-refractivity contribution in [3.63, 3.8) is 0 Å². The van der Waals surface area contributed by atoms with E-state index in [9.17, 15) is 19.3 Å². The van der Waals surface area contributed by atoms with Gasteiger partial charge in [-0.15, -0.1) is 0 Å². The fraction of sp³-hybridized carbons (Fsp3) is 0. The standard InChI is InChI=1S/C13H7ClFNO4/c14-11-3-1-2-10(12(11)15)13(17)20-9-6-4-8(5-7-9)16(18)19/h1-7H. The minimum absolute atomic E-state index is 0.0694. The molecule has 0 aliphatic rings. The van der Waals surface area contributed by atoms with Gasteiger partial charge in [-0.25, -0.2) is 9.18 Å². The molecule has 0 atom stereocenters. The number of carbonyl (C=O) groups excluding carboxylic acids is 1. The van der Waals surface area contributed by atoms with Crippen LogP contribution in [0.15, 0.2) is 42.5 Å². The van der Waals surface area contributed by atoms with Gasteiger partial charge in [0.2, 0.25) is 0 Å². The number of rotatable bonds is 3. The van der Waals surface area contributed by atoms with Crippen LogP contribution in [0.1, 0.15) is 10.4 Å². The van der Waals surface area contributed by atoms with Crippen molar-refractivity contribution in [2.24, 2.45) is 0 Å². The molecule has 0 spiro atoms. The first-order valence-electron chi connectivity index (χ1n) is 5.39. The molecule has 0 saturated heterocycles. The highest BCUT2D eigenvalue weighted by Crippen LogP contribution is 2.21. The summed E-state index contributed by atoms with van der Waals surface area (Å²) in [5, 5.41) is 10.3. The zero-order chi connectivity index (χ0) is 14.7. The van der Waals surface area contributed by atoms with Crippen LogP contribution in [0, 0.1) is 15.9 Å². The number of ether oxygens (including phenoxy) is 1. The number of non-ortho nitro benzene ring substituents is 1. The predicted molar refractivity (Wildman–Crippen MR) is 69.5 cm³/mol. The number of benzene rings is 2. The summed E-state index contributed by atoms with van der Waals surface area (Å²) in [6.07, 6.45) is 0. The van der Waals surface area contributed by atoms with Crippen molar-refractivity contribution in [3.05, 3.63) is 69.0 Å². The minimum atomic E-state index is -0.932. The average Bonchev–Trinajstić information content (AvgIpc) is 2.42. The Hall–Kier alpha value is -2.47. The van der Waals surface area contributed by atoms with Crippen LogP contribution >= 0.6 is 11.6 Å². The molecule has 0 unspecified atom stereocenters. The molecule has 102 valence electrons. The number of esters is 1. The highest BCUT2D eigenvalue weighted by molar-refractivity contribution is 6.31.